The summed E-state index contributed by atoms with van der Waals surface area (Å²) in [5.74, 6) is 0.595. The van der Waals surface area contributed by atoms with Crippen LogP contribution >= 0.6 is 0 Å². The number of anilines is 1. The lowest BCUT2D eigenvalue weighted by molar-refractivity contribution is 0.712. The summed E-state index contributed by atoms with van der Waals surface area (Å²) in [6, 6.07) is 3.97. The van der Waals surface area contributed by atoms with Gasteiger partial charge in [0.25, 0.3) is 0 Å². The highest BCUT2D eigenvalue weighted by Gasteiger charge is 2.19. The lowest BCUT2D eigenvalue weighted by atomic mass is 10.2. The Hall–Kier alpha value is -1.09. The van der Waals surface area contributed by atoms with E-state index in [0.29, 0.717) is 5.82 Å². The molecule has 0 saturated heterocycles. The number of aromatic nitrogens is 1. The van der Waals surface area contributed by atoms with E-state index in [0.717, 1.165) is 18.5 Å². The maximum Gasteiger partial charge on any atom is 0.123 e. The van der Waals surface area contributed by atoms with Gasteiger partial charge in [0.2, 0.25) is 0 Å². The molecule has 0 radical (unpaired) electrons. The van der Waals surface area contributed by atoms with Gasteiger partial charge in [-0.25, -0.2) is 4.98 Å². The highest BCUT2D eigenvalue weighted by molar-refractivity contribution is 5.38. The maximum atomic E-state index is 5.82. The standard InChI is InChI=1S/C8H11N3/c9-6-2-3-7-5(6)1-4-8(10)11-7/h1,4,6H,2-3,9H2,(H2,10,11). The van der Waals surface area contributed by atoms with Crippen LogP contribution in [0.25, 0.3) is 0 Å². The van der Waals surface area contributed by atoms with Gasteiger partial charge in [-0.2, -0.15) is 0 Å². The zero-order chi connectivity index (χ0) is 7.84. The largest absolute Gasteiger partial charge is 0.384 e. The van der Waals surface area contributed by atoms with Crippen molar-refractivity contribution in [3.63, 3.8) is 0 Å². The first-order valence-corrected chi connectivity index (χ1v) is 3.78. The van der Waals surface area contributed by atoms with Crippen LogP contribution in [0.1, 0.15) is 23.7 Å². The fourth-order valence-electron chi connectivity index (χ4n) is 1.51. The third-order valence-electron chi connectivity index (χ3n) is 2.12. The van der Waals surface area contributed by atoms with Crippen molar-refractivity contribution in [1.29, 1.82) is 0 Å². The monoisotopic (exact) mass is 149 g/mol. The fraction of sp³-hybridized carbons (Fsp3) is 0.375. The van der Waals surface area contributed by atoms with E-state index in [-0.39, 0.29) is 6.04 Å². The van der Waals surface area contributed by atoms with Crippen molar-refractivity contribution in [3.8, 4) is 0 Å². The number of hydrogen-bond donors (Lipinski definition) is 2. The van der Waals surface area contributed by atoms with Crippen molar-refractivity contribution in [2.75, 3.05) is 5.73 Å². The average molecular weight is 149 g/mol. The van der Waals surface area contributed by atoms with Crippen LogP contribution in [0.15, 0.2) is 12.1 Å². The molecule has 1 aromatic rings. The van der Waals surface area contributed by atoms with Crippen LogP contribution in [0.3, 0.4) is 0 Å². The summed E-state index contributed by atoms with van der Waals surface area (Å²) in [6.07, 6.45) is 1.98. The second-order valence-electron chi connectivity index (χ2n) is 2.92. The highest BCUT2D eigenvalue weighted by Crippen LogP contribution is 2.27. The predicted octanol–water partition coefficient (Wildman–Crippen LogP) is 0.610. The molecule has 1 unspecified atom stereocenters. The summed E-state index contributed by atoms with van der Waals surface area (Å²) in [6.45, 7) is 0. The summed E-state index contributed by atoms with van der Waals surface area (Å²) >= 11 is 0. The summed E-state index contributed by atoms with van der Waals surface area (Å²) in [4.78, 5) is 4.20. The molecule has 0 aromatic carbocycles. The summed E-state index contributed by atoms with van der Waals surface area (Å²) in [5, 5.41) is 0. The minimum Gasteiger partial charge on any atom is -0.384 e. The smallest absolute Gasteiger partial charge is 0.123 e. The molecule has 0 aliphatic heterocycles. The molecule has 1 aromatic heterocycles. The summed E-state index contributed by atoms with van der Waals surface area (Å²) in [5.41, 5.74) is 13.6. The lowest BCUT2D eigenvalue weighted by Crippen LogP contribution is -2.05. The molecule has 3 nitrogen and oxygen atoms in total. The van der Waals surface area contributed by atoms with Crippen LogP contribution in [0.5, 0.6) is 0 Å². The van der Waals surface area contributed by atoms with Gasteiger partial charge in [0.1, 0.15) is 5.82 Å². The van der Waals surface area contributed by atoms with E-state index >= 15 is 0 Å². The van der Waals surface area contributed by atoms with Gasteiger partial charge < -0.3 is 11.5 Å². The van der Waals surface area contributed by atoms with E-state index in [9.17, 15) is 0 Å². The van der Waals surface area contributed by atoms with Crippen molar-refractivity contribution >= 4 is 5.82 Å². The molecule has 0 amide bonds. The third-order valence-corrected chi connectivity index (χ3v) is 2.12. The molecule has 2 rings (SSSR count). The topological polar surface area (TPSA) is 64.9 Å². The minimum atomic E-state index is 0.179. The van der Waals surface area contributed by atoms with E-state index in [1.807, 2.05) is 12.1 Å². The molecule has 58 valence electrons. The molecule has 11 heavy (non-hydrogen) atoms. The van der Waals surface area contributed by atoms with Gasteiger partial charge in [-0.1, -0.05) is 6.07 Å². The number of rotatable bonds is 0. The zero-order valence-corrected chi connectivity index (χ0v) is 6.25. The zero-order valence-electron chi connectivity index (χ0n) is 6.25. The molecule has 0 saturated carbocycles. The molecule has 1 aliphatic rings. The predicted molar refractivity (Wildman–Crippen MR) is 43.9 cm³/mol. The highest BCUT2D eigenvalue weighted by atomic mass is 14.9. The number of aryl methyl sites for hydroxylation is 1. The van der Waals surface area contributed by atoms with Crippen LogP contribution in [-0.4, -0.2) is 4.98 Å². The maximum absolute atomic E-state index is 5.82. The van der Waals surface area contributed by atoms with Gasteiger partial charge >= 0.3 is 0 Å². The van der Waals surface area contributed by atoms with Crippen molar-refractivity contribution in [1.82, 2.24) is 4.98 Å². The van der Waals surface area contributed by atoms with Crippen LogP contribution < -0.4 is 11.5 Å². The Morgan fingerprint density at radius 3 is 3.09 bits per heavy atom. The van der Waals surface area contributed by atoms with E-state index in [4.69, 9.17) is 11.5 Å². The molecular formula is C8H11N3. The number of pyridine rings is 1. The van der Waals surface area contributed by atoms with Gasteiger partial charge in [0.05, 0.1) is 0 Å². The Kier molecular flexibility index (Phi) is 1.32. The van der Waals surface area contributed by atoms with Crippen molar-refractivity contribution in [2.45, 2.75) is 18.9 Å². The molecule has 3 heteroatoms. The van der Waals surface area contributed by atoms with Gasteiger partial charge in [-0.3, -0.25) is 0 Å². The second kappa shape index (κ2) is 2.20. The summed E-state index contributed by atoms with van der Waals surface area (Å²) < 4.78 is 0. The molecule has 0 bridgehead atoms. The SMILES string of the molecule is Nc1ccc2c(n1)CCC2N. The Labute approximate surface area is 65.4 Å². The second-order valence-corrected chi connectivity index (χ2v) is 2.92. The van der Waals surface area contributed by atoms with E-state index in [1.54, 1.807) is 0 Å². The normalized spacial score (nSPS) is 21.7. The Morgan fingerprint density at radius 1 is 1.45 bits per heavy atom. The first kappa shape index (κ1) is 6.61. The van der Waals surface area contributed by atoms with Crippen molar-refractivity contribution in [3.05, 3.63) is 23.4 Å². The quantitative estimate of drug-likeness (QED) is 0.568. The number of nitrogens with zero attached hydrogens (tertiary/aromatic N) is 1. The number of nitrogens with two attached hydrogens (primary N) is 2. The Bertz CT molecular complexity index is 283. The van der Waals surface area contributed by atoms with Crippen LogP contribution in [0.2, 0.25) is 0 Å². The molecule has 1 aliphatic carbocycles. The minimum absolute atomic E-state index is 0.179. The first-order valence-electron chi connectivity index (χ1n) is 3.78. The first-order chi connectivity index (χ1) is 5.27. The van der Waals surface area contributed by atoms with Crippen LogP contribution in [0.4, 0.5) is 5.82 Å². The number of fused-ring (bicyclic) bond motifs is 1. The fourth-order valence-corrected chi connectivity index (χ4v) is 1.51. The summed E-state index contributed by atoms with van der Waals surface area (Å²) in [7, 11) is 0. The molecule has 0 fully saturated rings. The van der Waals surface area contributed by atoms with E-state index in [2.05, 4.69) is 4.98 Å². The van der Waals surface area contributed by atoms with E-state index < -0.39 is 0 Å². The van der Waals surface area contributed by atoms with Crippen molar-refractivity contribution in [2.24, 2.45) is 5.73 Å². The van der Waals surface area contributed by atoms with Gasteiger partial charge in [0, 0.05) is 11.7 Å². The van der Waals surface area contributed by atoms with Crippen LogP contribution in [-0.2, 0) is 6.42 Å². The molecule has 1 heterocycles. The Balaban J connectivity index is 2.50. The molecule has 4 N–H and O–H groups in total. The average Bonchev–Trinajstić information content (AvgIpc) is 2.32. The van der Waals surface area contributed by atoms with Crippen molar-refractivity contribution < 1.29 is 0 Å². The lowest BCUT2D eigenvalue weighted by Gasteiger charge is -2.02. The number of hydrogen-bond acceptors (Lipinski definition) is 3. The van der Waals surface area contributed by atoms with Gasteiger partial charge in [-0.15, -0.1) is 0 Å². The number of nitrogen functional groups attached to an aromatic ring is 1. The van der Waals surface area contributed by atoms with Gasteiger partial charge in [0.15, 0.2) is 0 Å². The third kappa shape index (κ3) is 0.973. The Morgan fingerprint density at radius 2 is 2.27 bits per heavy atom. The molecule has 1 atom stereocenters. The molecule has 0 spiro atoms. The van der Waals surface area contributed by atoms with Crippen LogP contribution in [0, 0.1) is 0 Å². The van der Waals surface area contributed by atoms with Gasteiger partial charge in [-0.05, 0) is 24.5 Å². The van der Waals surface area contributed by atoms with E-state index in [1.165, 1.54) is 5.56 Å². The molecular weight excluding hydrogens is 138 g/mol.